The molecule has 0 rings (SSSR count). The summed E-state index contributed by atoms with van der Waals surface area (Å²) in [6, 6.07) is 0. The first kappa shape index (κ1) is 13.5. The number of hydrogen-bond acceptors (Lipinski definition) is 1. The summed E-state index contributed by atoms with van der Waals surface area (Å²) >= 11 is 0. The molecule has 0 heterocycles. The van der Waals surface area contributed by atoms with E-state index in [1.54, 1.807) is 0 Å². The Morgan fingerprint density at radius 2 is 1.93 bits per heavy atom. The van der Waals surface area contributed by atoms with Gasteiger partial charge in [0.2, 0.25) is 0 Å². The molecule has 0 radical (unpaired) electrons. The van der Waals surface area contributed by atoms with Crippen LogP contribution in [0.15, 0.2) is 0 Å². The number of terminal acetylenes is 1. The van der Waals surface area contributed by atoms with Crippen LogP contribution >= 0.6 is 0 Å². The monoisotopic (exact) mass is 196 g/mol. The van der Waals surface area contributed by atoms with Crippen molar-refractivity contribution in [3.05, 3.63) is 0 Å². The molecular weight excluding hydrogens is 172 g/mol. The summed E-state index contributed by atoms with van der Waals surface area (Å²) in [5, 5.41) is 0. The molecule has 14 heavy (non-hydrogen) atoms. The van der Waals surface area contributed by atoms with Crippen LogP contribution in [0.5, 0.6) is 0 Å². The topological polar surface area (TPSA) is 9.23 Å². The zero-order valence-corrected chi connectivity index (χ0v) is 10.3. The van der Waals surface area contributed by atoms with Crippen LogP contribution in [0.4, 0.5) is 0 Å². The second-order valence-electron chi connectivity index (χ2n) is 4.75. The van der Waals surface area contributed by atoms with E-state index < -0.39 is 0 Å². The molecule has 0 aromatic rings. The summed E-state index contributed by atoms with van der Waals surface area (Å²) in [6.07, 6.45) is 7.66. The maximum Gasteiger partial charge on any atom is 0.125 e. The maximum atomic E-state index is 5.59. The molecule has 0 amide bonds. The van der Waals surface area contributed by atoms with E-state index in [2.05, 4.69) is 26.7 Å². The van der Waals surface area contributed by atoms with Gasteiger partial charge >= 0.3 is 0 Å². The molecule has 0 bridgehead atoms. The molecule has 2 atom stereocenters. The average Bonchev–Trinajstić information content (AvgIpc) is 2.02. The molecule has 0 aliphatic carbocycles. The number of ether oxygens (including phenoxy) is 1. The number of hydrogen-bond donors (Lipinski definition) is 0. The minimum atomic E-state index is -0.372. The zero-order valence-electron chi connectivity index (χ0n) is 10.3. The molecule has 1 heteroatoms. The second kappa shape index (κ2) is 6.09. The van der Waals surface area contributed by atoms with Crippen molar-refractivity contribution in [3.8, 4) is 12.3 Å². The van der Waals surface area contributed by atoms with E-state index >= 15 is 0 Å². The van der Waals surface area contributed by atoms with E-state index in [1.165, 1.54) is 6.42 Å². The predicted octanol–water partition coefficient (Wildman–Crippen LogP) is 3.49. The lowest BCUT2D eigenvalue weighted by atomic mass is 9.88. The van der Waals surface area contributed by atoms with Crippen molar-refractivity contribution >= 4 is 0 Å². The van der Waals surface area contributed by atoms with Gasteiger partial charge in [0.25, 0.3) is 0 Å². The first-order valence-corrected chi connectivity index (χ1v) is 5.55. The Bertz CT molecular complexity index is 190. The first-order valence-electron chi connectivity index (χ1n) is 5.55. The van der Waals surface area contributed by atoms with Gasteiger partial charge in [-0.15, -0.1) is 6.42 Å². The molecule has 0 fully saturated rings. The summed E-state index contributed by atoms with van der Waals surface area (Å²) in [5.41, 5.74) is -0.372. The third kappa shape index (κ3) is 5.29. The van der Waals surface area contributed by atoms with Crippen LogP contribution in [-0.2, 0) is 4.74 Å². The fourth-order valence-corrected chi connectivity index (χ4v) is 2.03. The average molecular weight is 196 g/mol. The van der Waals surface area contributed by atoms with Gasteiger partial charge < -0.3 is 4.74 Å². The number of rotatable bonds is 6. The largest absolute Gasteiger partial charge is 0.363 e. The molecule has 0 saturated carbocycles. The molecule has 0 aliphatic heterocycles. The quantitative estimate of drug-likeness (QED) is 0.591. The van der Waals surface area contributed by atoms with Crippen LogP contribution < -0.4 is 0 Å². The Morgan fingerprint density at radius 3 is 2.29 bits per heavy atom. The van der Waals surface area contributed by atoms with Crippen molar-refractivity contribution in [2.24, 2.45) is 11.8 Å². The third-order valence-corrected chi connectivity index (χ3v) is 2.38. The van der Waals surface area contributed by atoms with E-state index in [0.717, 1.165) is 12.3 Å². The van der Waals surface area contributed by atoms with Gasteiger partial charge in [0.1, 0.15) is 5.60 Å². The highest BCUT2D eigenvalue weighted by molar-refractivity contribution is 5.06. The van der Waals surface area contributed by atoms with Crippen molar-refractivity contribution in [1.82, 2.24) is 0 Å². The molecule has 0 saturated heterocycles. The minimum absolute atomic E-state index is 0.372. The minimum Gasteiger partial charge on any atom is -0.363 e. The Labute approximate surface area is 89.2 Å². The third-order valence-electron chi connectivity index (χ3n) is 2.38. The van der Waals surface area contributed by atoms with Crippen LogP contribution in [0.25, 0.3) is 0 Å². The summed E-state index contributed by atoms with van der Waals surface area (Å²) in [6.45, 7) is 11.4. The maximum absolute atomic E-state index is 5.59. The van der Waals surface area contributed by atoms with Gasteiger partial charge in [0.15, 0.2) is 0 Å². The van der Waals surface area contributed by atoms with Gasteiger partial charge in [-0.05, 0) is 38.5 Å². The Morgan fingerprint density at radius 1 is 1.36 bits per heavy atom. The van der Waals surface area contributed by atoms with Crippen LogP contribution in [-0.4, -0.2) is 12.2 Å². The van der Waals surface area contributed by atoms with E-state index in [4.69, 9.17) is 11.2 Å². The van der Waals surface area contributed by atoms with Gasteiger partial charge in [-0.25, -0.2) is 0 Å². The van der Waals surface area contributed by atoms with Gasteiger partial charge in [-0.3, -0.25) is 0 Å². The molecule has 2 unspecified atom stereocenters. The zero-order chi connectivity index (χ0) is 11.2. The van der Waals surface area contributed by atoms with Gasteiger partial charge in [0, 0.05) is 6.61 Å². The highest BCUT2D eigenvalue weighted by Gasteiger charge is 2.24. The van der Waals surface area contributed by atoms with Gasteiger partial charge in [-0.1, -0.05) is 26.7 Å². The molecule has 82 valence electrons. The van der Waals surface area contributed by atoms with Gasteiger partial charge in [0.05, 0.1) is 0 Å². The van der Waals surface area contributed by atoms with Crippen molar-refractivity contribution in [2.45, 2.75) is 53.1 Å². The molecule has 0 aliphatic rings. The molecule has 1 nitrogen and oxygen atoms in total. The Hall–Kier alpha value is -0.480. The standard InChI is InChI=1S/C13H24O/c1-7-13(6,14-8-2)10-12(5)9-11(3)4/h1,11-12H,8-10H2,2-6H3. The van der Waals surface area contributed by atoms with Crippen LogP contribution in [0.1, 0.15) is 47.5 Å². The second-order valence-corrected chi connectivity index (χ2v) is 4.75. The molecular formula is C13H24O. The molecule has 0 aromatic heterocycles. The normalized spacial score (nSPS) is 17.5. The van der Waals surface area contributed by atoms with Crippen molar-refractivity contribution in [3.63, 3.8) is 0 Å². The summed E-state index contributed by atoms with van der Waals surface area (Å²) in [7, 11) is 0. The van der Waals surface area contributed by atoms with Crippen LogP contribution in [0.2, 0.25) is 0 Å². The van der Waals surface area contributed by atoms with Crippen LogP contribution in [0.3, 0.4) is 0 Å². The van der Waals surface area contributed by atoms with E-state index in [-0.39, 0.29) is 5.60 Å². The lowest BCUT2D eigenvalue weighted by molar-refractivity contribution is 0.00334. The lowest BCUT2D eigenvalue weighted by Crippen LogP contribution is -2.29. The fourth-order valence-electron chi connectivity index (χ4n) is 2.03. The summed E-state index contributed by atoms with van der Waals surface area (Å²) in [5.74, 6) is 4.12. The highest BCUT2D eigenvalue weighted by atomic mass is 16.5. The lowest BCUT2D eigenvalue weighted by Gasteiger charge is -2.27. The molecule has 0 N–H and O–H groups in total. The molecule has 0 aromatic carbocycles. The fraction of sp³-hybridized carbons (Fsp3) is 0.846. The smallest absolute Gasteiger partial charge is 0.125 e. The van der Waals surface area contributed by atoms with Gasteiger partial charge in [-0.2, -0.15) is 0 Å². The summed E-state index contributed by atoms with van der Waals surface area (Å²) in [4.78, 5) is 0. The van der Waals surface area contributed by atoms with Crippen molar-refractivity contribution in [1.29, 1.82) is 0 Å². The van der Waals surface area contributed by atoms with E-state index in [0.29, 0.717) is 12.5 Å². The predicted molar refractivity (Wildman–Crippen MR) is 62.1 cm³/mol. The van der Waals surface area contributed by atoms with Crippen molar-refractivity contribution in [2.75, 3.05) is 6.61 Å². The van der Waals surface area contributed by atoms with E-state index in [1.807, 2.05) is 13.8 Å². The van der Waals surface area contributed by atoms with E-state index in [9.17, 15) is 0 Å². The van der Waals surface area contributed by atoms with Crippen LogP contribution in [0, 0.1) is 24.2 Å². The SMILES string of the molecule is C#CC(C)(CC(C)CC(C)C)OCC. The molecule has 0 spiro atoms. The van der Waals surface area contributed by atoms with Crippen molar-refractivity contribution < 1.29 is 4.74 Å². The Kier molecular flexibility index (Phi) is 5.88. The Balaban J connectivity index is 4.11. The summed E-state index contributed by atoms with van der Waals surface area (Å²) < 4.78 is 5.59. The first-order chi connectivity index (χ1) is 6.43. The highest BCUT2D eigenvalue weighted by Crippen LogP contribution is 2.24.